The van der Waals surface area contributed by atoms with Crippen LogP contribution in [-0.4, -0.2) is 38.8 Å². The van der Waals surface area contributed by atoms with Crippen LogP contribution in [0.1, 0.15) is 23.4 Å². The van der Waals surface area contributed by atoms with Crippen molar-refractivity contribution in [1.82, 2.24) is 24.1 Å². The number of alkyl halides is 5. The molecule has 4 rings (SSSR count). The highest BCUT2D eigenvalue weighted by atomic mass is 28.3. The zero-order valence-electron chi connectivity index (χ0n) is 19.1. The smallest absolute Gasteiger partial charge is 0.360 e. The maximum atomic E-state index is 13.8. The molecule has 182 valence electrons. The minimum absolute atomic E-state index is 0.168. The average Bonchev–Trinajstić information content (AvgIpc) is 3.33. The maximum Gasteiger partial charge on any atom is 0.434 e. The Morgan fingerprint density at radius 3 is 2.53 bits per heavy atom. The Labute approximate surface area is 193 Å². The molecule has 0 atom stereocenters. The topological polar surface area (TPSA) is 57.2 Å². The standard InChI is InChI=1S/C22H24F5N5OSi/c1-13-7-14(8-15-9-29-32(18(13)15)12-33-5-6-34(2,3)4)17-19(22(25,26)27)28-11-31-10-16(20(23)24)30-21(17)31/h7-11,20H,5-6,12H2,1-4H3. The molecule has 0 fully saturated rings. The summed E-state index contributed by atoms with van der Waals surface area (Å²) in [5.41, 5.74) is -0.849. The van der Waals surface area contributed by atoms with Crippen LogP contribution in [0.15, 0.2) is 30.9 Å². The molecule has 0 amide bonds. The summed E-state index contributed by atoms with van der Waals surface area (Å²) in [6, 6.07) is 4.10. The molecule has 0 spiro atoms. The van der Waals surface area contributed by atoms with Crippen LogP contribution in [0.25, 0.3) is 27.7 Å². The number of aromatic nitrogens is 5. The first-order chi connectivity index (χ1) is 15.8. The van der Waals surface area contributed by atoms with Gasteiger partial charge in [-0.2, -0.15) is 18.3 Å². The van der Waals surface area contributed by atoms with Crippen molar-refractivity contribution >= 4 is 24.6 Å². The van der Waals surface area contributed by atoms with Crippen molar-refractivity contribution in [3.8, 4) is 11.1 Å². The van der Waals surface area contributed by atoms with E-state index in [1.807, 2.05) is 0 Å². The van der Waals surface area contributed by atoms with Gasteiger partial charge in [-0.3, -0.25) is 4.40 Å². The normalized spacial score (nSPS) is 13.0. The van der Waals surface area contributed by atoms with Crippen molar-refractivity contribution in [2.45, 2.75) is 51.9 Å². The molecule has 0 aliphatic rings. The lowest BCUT2D eigenvalue weighted by atomic mass is 10.00. The van der Waals surface area contributed by atoms with E-state index in [1.165, 1.54) is 6.07 Å². The summed E-state index contributed by atoms with van der Waals surface area (Å²) in [6.07, 6.45) is -4.35. The van der Waals surface area contributed by atoms with Gasteiger partial charge in [0, 0.05) is 26.3 Å². The highest BCUT2D eigenvalue weighted by Crippen LogP contribution is 2.39. The third-order valence-electron chi connectivity index (χ3n) is 5.44. The van der Waals surface area contributed by atoms with Crippen molar-refractivity contribution in [2.75, 3.05) is 6.61 Å². The van der Waals surface area contributed by atoms with Crippen LogP contribution >= 0.6 is 0 Å². The molecule has 1 aromatic carbocycles. The number of nitrogens with zero attached hydrogens (tertiary/aromatic N) is 5. The molecule has 34 heavy (non-hydrogen) atoms. The predicted molar refractivity (Wildman–Crippen MR) is 121 cm³/mol. The molecule has 12 heteroatoms. The summed E-state index contributed by atoms with van der Waals surface area (Å²) in [7, 11) is -1.25. The molecule has 4 aromatic rings. The van der Waals surface area contributed by atoms with E-state index in [4.69, 9.17) is 4.74 Å². The maximum absolute atomic E-state index is 13.8. The van der Waals surface area contributed by atoms with Gasteiger partial charge < -0.3 is 4.74 Å². The second-order valence-corrected chi connectivity index (χ2v) is 15.0. The summed E-state index contributed by atoms with van der Waals surface area (Å²) in [5.74, 6) is 0. The average molecular weight is 498 g/mol. The Bertz CT molecular complexity index is 1340. The van der Waals surface area contributed by atoms with Gasteiger partial charge in [0.25, 0.3) is 6.43 Å². The van der Waals surface area contributed by atoms with E-state index in [2.05, 4.69) is 34.7 Å². The summed E-state index contributed by atoms with van der Waals surface area (Å²) in [4.78, 5) is 7.31. The van der Waals surface area contributed by atoms with Crippen molar-refractivity contribution in [2.24, 2.45) is 0 Å². The third kappa shape index (κ3) is 4.83. The highest BCUT2D eigenvalue weighted by Gasteiger charge is 2.37. The van der Waals surface area contributed by atoms with Crippen molar-refractivity contribution in [3.05, 3.63) is 47.8 Å². The van der Waals surface area contributed by atoms with Gasteiger partial charge in [0.15, 0.2) is 5.69 Å². The fraction of sp³-hybridized carbons (Fsp3) is 0.409. The zero-order valence-corrected chi connectivity index (χ0v) is 20.1. The minimum atomic E-state index is -4.80. The molecule has 0 bridgehead atoms. The molecule has 0 saturated carbocycles. The van der Waals surface area contributed by atoms with Crippen molar-refractivity contribution in [1.29, 1.82) is 0 Å². The molecule has 0 aliphatic heterocycles. The Hall–Kier alpha value is -2.86. The molecule has 3 aromatic heterocycles. The first-order valence-corrected chi connectivity index (χ1v) is 14.3. The number of benzene rings is 1. The Morgan fingerprint density at radius 1 is 1.15 bits per heavy atom. The van der Waals surface area contributed by atoms with Gasteiger partial charge >= 0.3 is 6.18 Å². The Balaban J connectivity index is 1.79. The van der Waals surface area contributed by atoms with Gasteiger partial charge in [0.1, 0.15) is 24.4 Å². The second-order valence-electron chi connectivity index (χ2n) is 9.39. The van der Waals surface area contributed by atoms with Crippen LogP contribution in [0.3, 0.4) is 0 Å². The Morgan fingerprint density at radius 2 is 1.88 bits per heavy atom. The van der Waals surface area contributed by atoms with E-state index >= 15 is 0 Å². The number of aryl methyl sites for hydroxylation is 1. The molecule has 0 radical (unpaired) electrons. The van der Waals surface area contributed by atoms with E-state index < -0.39 is 32.1 Å². The fourth-order valence-electron chi connectivity index (χ4n) is 3.78. The zero-order chi connectivity index (χ0) is 24.8. The Kier molecular flexibility index (Phi) is 6.23. The van der Waals surface area contributed by atoms with Crippen LogP contribution < -0.4 is 0 Å². The van der Waals surface area contributed by atoms with Crippen LogP contribution in [0.4, 0.5) is 22.0 Å². The number of imidazole rings is 1. The lowest BCUT2D eigenvalue weighted by Gasteiger charge is -2.16. The van der Waals surface area contributed by atoms with Gasteiger partial charge in [0.2, 0.25) is 0 Å². The number of hydrogen-bond donors (Lipinski definition) is 0. The lowest BCUT2D eigenvalue weighted by molar-refractivity contribution is -0.140. The quantitative estimate of drug-likeness (QED) is 0.170. The SMILES string of the molecule is Cc1cc(-c2c(C(F)(F)F)ncn3cc(C(F)F)nc23)cc2cnn(COCC[Si](C)(C)C)c12. The van der Waals surface area contributed by atoms with Crippen molar-refractivity contribution in [3.63, 3.8) is 0 Å². The van der Waals surface area contributed by atoms with E-state index in [1.54, 1.807) is 23.9 Å². The number of hydrogen-bond acceptors (Lipinski definition) is 4. The van der Waals surface area contributed by atoms with Crippen LogP contribution in [0.2, 0.25) is 25.7 Å². The molecule has 3 heterocycles. The molecule has 6 nitrogen and oxygen atoms in total. The van der Waals surface area contributed by atoms with Gasteiger partial charge in [-0.25, -0.2) is 23.4 Å². The monoisotopic (exact) mass is 497 g/mol. The first-order valence-electron chi connectivity index (χ1n) is 10.6. The van der Waals surface area contributed by atoms with Gasteiger partial charge in [0.05, 0.1) is 17.3 Å². The fourth-order valence-corrected chi connectivity index (χ4v) is 4.54. The van der Waals surface area contributed by atoms with Gasteiger partial charge in [-0.1, -0.05) is 19.6 Å². The molecule has 0 saturated heterocycles. The summed E-state index contributed by atoms with van der Waals surface area (Å²) < 4.78 is 76.4. The van der Waals surface area contributed by atoms with Gasteiger partial charge in [-0.05, 0) is 36.2 Å². The molecular formula is C22H24F5N5OSi. The highest BCUT2D eigenvalue weighted by molar-refractivity contribution is 6.76. The molecule has 0 N–H and O–H groups in total. The van der Waals surface area contributed by atoms with Crippen molar-refractivity contribution < 1.29 is 26.7 Å². The second kappa shape index (κ2) is 8.73. The van der Waals surface area contributed by atoms with Crippen LogP contribution in [0.5, 0.6) is 0 Å². The minimum Gasteiger partial charge on any atom is -0.360 e. The van der Waals surface area contributed by atoms with Crippen LogP contribution in [-0.2, 0) is 17.6 Å². The summed E-state index contributed by atoms with van der Waals surface area (Å²) >= 11 is 0. The third-order valence-corrected chi connectivity index (χ3v) is 7.14. The van der Waals surface area contributed by atoms with Crippen LogP contribution in [0, 0.1) is 6.92 Å². The molecular weight excluding hydrogens is 473 g/mol. The van der Waals surface area contributed by atoms with E-state index in [0.717, 1.165) is 28.5 Å². The van der Waals surface area contributed by atoms with E-state index in [0.29, 0.717) is 17.6 Å². The summed E-state index contributed by atoms with van der Waals surface area (Å²) in [6.45, 7) is 9.32. The van der Waals surface area contributed by atoms with E-state index in [9.17, 15) is 22.0 Å². The predicted octanol–water partition coefficient (Wildman–Crippen LogP) is 6.32. The molecule has 0 unspecified atom stereocenters. The van der Waals surface area contributed by atoms with E-state index in [-0.39, 0.29) is 23.5 Å². The lowest BCUT2D eigenvalue weighted by Crippen LogP contribution is -2.22. The number of halogens is 5. The number of fused-ring (bicyclic) bond motifs is 2. The largest absolute Gasteiger partial charge is 0.434 e. The molecule has 0 aliphatic carbocycles. The summed E-state index contributed by atoms with van der Waals surface area (Å²) in [5, 5.41) is 4.93. The number of ether oxygens (including phenoxy) is 1. The number of rotatable bonds is 7. The first kappa shape index (κ1) is 24.3. The van der Waals surface area contributed by atoms with Gasteiger partial charge in [-0.15, -0.1) is 0 Å².